The Hall–Kier alpha value is -2.70. The number of carbonyl (C=O) groups is 1. The fourth-order valence-corrected chi connectivity index (χ4v) is 1.82. The van der Waals surface area contributed by atoms with Crippen LogP contribution in [-0.2, 0) is 4.74 Å². The summed E-state index contributed by atoms with van der Waals surface area (Å²) in [5.41, 5.74) is 0.725. The normalized spacial score (nSPS) is 11.0. The number of ether oxygens (including phenoxy) is 2. The summed E-state index contributed by atoms with van der Waals surface area (Å²) in [5, 5.41) is 2.57. The van der Waals surface area contributed by atoms with Crippen LogP contribution in [0.5, 0.6) is 5.88 Å². The minimum atomic E-state index is -0.613. The Kier molecular flexibility index (Phi) is 4.78. The highest BCUT2D eigenvalue weighted by molar-refractivity contribution is 5.86. The summed E-state index contributed by atoms with van der Waals surface area (Å²) in [6.45, 7) is 5.30. The molecule has 0 aliphatic heterocycles. The molecule has 0 aromatic carbocycles. The molecule has 1 N–H and O–H groups in total. The molecule has 0 unspecified atom stereocenters. The van der Waals surface area contributed by atoms with E-state index in [0.717, 1.165) is 6.20 Å². The molecular weight excluding hydrogens is 301 g/mol. The lowest BCUT2D eigenvalue weighted by Gasteiger charge is -2.20. The maximum Gasteiger partial charge on any atom is 0.412 e. The molecule has 2 rings (SSSR count). The van der Waals surface area contributed by atoms with Gasteiger partial charge in [-0.1, -0.05) is 0 Å². The summed E-state index contributed by atoms with van der Waals surface area (Å²) in [5.74, 6) is -0.267. The predicted octanol–water partition coefficient (Wildman–Crippen LogP) is 3.64. The Bertz CT molecular complexity index is 714. The van der Waals surface area contributed by atoms with Gasteiger partial charge in [-0.3, -0.25) is 10.3 Å². The van der Waals surface area contributed by atoms with Crippen molar-refractivity contribution in [2.75, 3.05) is 12.4 Å². The lowest BCUT2D eigenvalue weighted by Crippen LogP contribution is -2.27. The number of methoxy groups -OCH3 is 1. The fourth-order valence-electron chi connectivity index (χ4n) is 1.82. The van der Waals surface area contributed by atoms with Crippen molar-refractivity contribution in [1.82, 2.24) is 9.97 Å². The van der Waals surface area contributed by atoms with Crippen LogP contribution < -0.4 is 10.1 Å². The average molecular weight is 319 g/mol. The molecule has 0 aliphatic rings. The molecule has 7 heteroatoms. The van der Waals surface area contributed by atoms with Gasteiger partial charge in [0, 0.05) is 11.8 Å². The average Bonchev–Trinajstić information content (AvgIpc) is 2.45. The van der Waals surface area contributed by atoms with Gasteiger partial charge in [0.1, 0.15) is 17.1 Å². The lowest BCUT2D eigenvalue weighted by atomic mass is 10.2. The van der Waals surface area contributed by atoms with E-state index in [1.807, 2.05) is 0 Å². The first-order valence-electron chi connectivity index (χ1n) is 6.94. The fraction of sp³-hybridized carbons (Fsp3) is 0.312. The number of amides is 1. The van der Waals surface area contributed by atoms with E-state index in [4.69, 9.17) is 9.47 Å². The number of hydrogen-bond donors (Lipinski definition) is 1. The smallest absolute Gasteiger partial charge is 0.412 e. The molecule has 2 aromatic heterocycles. The van der Waals surface area contributed by atoms with Gasteiger partial charge in [0.05, 0.1) is 19.0 Å². The Balaban J connectivity index is 2.25. The van der Waals surface area contributed by atoms with Crippen molar-refractivity contribution in [3.05, 3.63) is 36.4 Å². The van der Waals surface area contributed by atoms with Crippen molar-refractivity contribution < 1.29 is 18.7 Å². The molecule has 0 atom stereocenters. The van der Waals surface area contributed by atoms with Crippen LogP contribution >= 0.6 is 0 Å². The second-order valence-corrected chi connectivity index (χ2v) is 5.77. The SMILES string of the molecule is COc1nc(-c2cncc(F)c2)ccc1NC(=O)OC(C)(C)C. The van der Waals surface area contributed by atoms with Crippen LogP contribution in [0.15, 0.2) is 30.6 Å². The number of anilines is 1. The molecule has 2 heterocycles. The maximum atomic E-state index is 13.2. The monoisotopic (exact) mass is 319 g/mol. The molecule has 0 saturated heterocycles. The van der Waals surface area contributed by atoms with Crippen LogP contribution in [-0.4, -0.2) is 28.8 Å². The van der Waals surface area contributed by atoms with Crippen LogP contribution in [0.1, 0.15) is 20.8 Å². The molecule has 0 aliphatic carbocycles. The number of hydrogen-bond acceptors (Lipinski definition) is 5. The third-order valence-corrected chi connectivity index (χ3v) is 2.69. The van der Waals surface area contributed by atoms with Crippen molar-refractivity contribution >= 4 is 11.8 Å². The molecule has 2 aromatic rings. The second kappa shape index (κ2) is 6.60. The molecule has 0 saturated carbocycles. The van der Waals surface area contributed by atoms with Gasteiger partial charge >= 0.3 is 6.09 Å². The van der Waals surface area contributed by atoms with Gasteiger partial charge in [-0.2, -0.15) is 0 Å². The van der Waals surface area contributed by atoms with E-state index in [9.17, 15) is 9.18 Å². The van der Waals surface area contributed by atoms with Crippen molar-refractivity contribution in [3.8, 4) is 17.1 Å². The van der Waals surface area contributed by atoms with E-state index < -0.39 is 17.5 Å². The van der Waals surface area contributed by atoms with Crippen molar-refractivity contribution in [3.63, 3.8) is 0 Å². The zero-order chi connectivity index (χ0) is 17.0. The van der Waals surface area contributed by atoms with Gasteiger partial charge in [0.15, 0.2) is 0 Å². The first-order valence-corrected chi connectivity index (χ1v) is 6.94. The summed E-state index contributed by atoms with van der Waals surface area (Å²) in [6, 6.07) is 4.55. The minimum absolute atomic E-state index is 0.192. The van der Waals surface area contributed by atoms with Gasteiger partial charge in [0.2, 0.25) is 5.88 Å². The van der Waals surface area contributed by atoms with Crippen molar-refractivity contribution in [2.45, 2.75) is 26.4 Å². The number of carbonyl (C=O) groups excluding carboxylic acids is 1. The summed E-state index contributed by atoms with van der Waals surface area (Å²) < 4.78 is 23.6. The lowest BCUT2D eigenvalue weighted by molar-refractivity contribution is 0.0635. The van der Waals surface area contributed by atoms with Crippen molar-refractivity contribution in [2.24, 2.45) is 0 Å². The predicted molar refractivity (Wildman–Crippen MR) is 83.8 cm³/mol. The Morgan fingerprint density at radius 1 is 1.26 bits per heavy atom. The quantitative estimate of drug-likeness (QED) is 0.935. The van der Waals surface area contributed by atoms with Gasteiger partial charge in [-0.25, -0.2) is 14.2 Å². The Morgan fingerprint density at radius 2 is 2.00 bits per heavy atom. The van der Waals surface area contributed by atoms with E-state index >= 15 is 0 Å². The summed E-state index contributed by atoms with van der Waals surface area (Å²) in [7, 11) is 1.43. The molecule has 23 heavy (non-hydrogen) atoms. The van der Waals surface area contributed by atoms with E-state index in [1.54, 1.807) is 32.9 Å². The number of rotatable bonds is 3. The number of halogens is 1. The summed E-state index contributed by atoms with van der Waals surface area (Å²) in [4.78, 5) is 19.9. The second-order valence-electron chi connectivity index (χ2n) is 5.77. The zero-order valence-electron chi connectivity index (χ0n) is 13.4. The largest absolute Gasteiger partial charge is 0.479 e. The van der Waals surface area contributed by atoms with E-state index in [0.29, 0.717) is 16.9 Å². The molecule has 0 bridgehead atoms. The first-order chi connectivity index (χ1) is 10.8. The summed E-state index contributed by atoms with van der Waals surface area (Å²) in [6.07, 6.45) is 1.99. The third kappa shape index (κ3) is 4.64. The van der Waals surface area contributed by atoms with Crippen LogP contribution in [0, 0.1) is 5.82 Å². The summed E-state index contributed by atoms with van der Waals surface area (Å²) >= 11 is 0. The van der Waals surface area contributed by atoms with Gasteiger partial charge in [-0.05, 0) is 39.0 Å². The zero-order valence-corrected chi connectivity index (χ0v) is 13.4. The number of aromatic nitrogens is 2. The molecule has 122 valence electrons. The molecule has 1 amide bonds. The number of pyridine rings is 2. The maximum absolute atomic E-state index is 13.2. The van der Waals surface area contributed by atoms with Gasteiger partial charge in [-0.15, -0.1) is 0 Å². The minimum Gasteiger partial charge on any atom is -0.479 e. The topological polar surface area (TPSA) is 73.3 Å². The molecule has 0 fully saturated rings. The van der Waals surface area contributed by atoms with Crippen LogP contribution in [0.3, 0.4) is 0 Å². The Labute approximate surface area is 133 Å². The van der Waals surface area contributed by atoms with Crippen LogP contribution in [0.2, 0.25) is 0 Å². The standard InChI is InChI=1S/C16H18FN3O3/c1-16(2,3)23-15(21)20-13-6-5-12(19-14(13)22-4)10-7-11(17)9-18-8-10/h5-9H,1-4H3,(H,20,21). The van der Waals surface area contributed by atoms with Crippen LogP contribution in [0.25, 0.3) is 11.3 Å². The molecule has 6 nitrogen and oxygen atoms in total. The molecule has 0 radical (unpaired) electrons. The number of nitrogens with one attached hydrogen (secondary N) is 1. The van der Waals surface area contributed by atoms with E-state index in [-0.39, 0.29) is 5.88 Å². The van der Waals surface area contributed by atoms with Crippen molar-refractivity contribution in [1.29, 1.82) is 0 Å². The van der Waals surface area contributed by atoms with Gasteiger partial charge in [0.25, 0.3) is 0 Å². The Morgan fingerprint density at radius 3 is 2.61 bits per heavy atom. The van der Waals surface area contributed by atoms with E-state index in [1.165, 1.54) is 19.4 Å². The highest BCUT2D eigenvalue weighted by Gasteiger charge is 2.18. The highest BCUT2D eigenvalue weighted by Crippen LogP contribution is 2.27. The third-order valence-electron chi connectivity index (χ3n) is 2.69. The van der Waals surface area contributed by atoms with Crippen LogP contribution in [0.4, 0.5) is 14.9 Å². The van der Waals surface area contributed by atoms with E-state index in [2.05, 4.69) is 15.3 Å². The first kappa shape index (κ1) is 16.7. The highest BCUT2D eigenvalue weighted by atomic mass is 19.1. The van der Waals surface area contributed by atoms with Gasteiger partial charge < -0.3 is 9.47 Å². The number of nitrogens with zero attached hydrogens (tertiary/aromatic N) is 2. The molecular formula is C16H18FN3O3. The molecule has 0 spiro atoms.